The van der Waals surface area contributed by atoms with E-state index in [-0.39, 0.29) is 42.9 Å². The van der Waals surface area contributed by atoms with E-state index in [1.165, 1.54) is 34.6 Å². The van der Waals surface area contributed by atoms with Crippen LogP contribution in [0.15, 0.2) is 52.9 Å². The number of amidine groups is 1. The van der Waals surface area contributed by atoms with Crippen molar-refractivity contribution in [2.45, 2.75) is 31.7 Å². The van der Waals surface area contributed by atoms with Gasteiger partial charge in [0.15, 0.2) is 0 Å². The standard InChI is InChI=1S/C24H22F3N3O6S/c1-15-5-6-18(21(31)32)13-16(15)7-12-37(34,35)30-10-8-23(9-11-30)22(33)28-20(29-23)17-3-2-4-19(14-17)36-24(25,26)27/h2-7,12-14H,8-11H2,1H3,(H,31,32)(H,28,29,33)/b12-7+. The Kier molecular flexibility index (Phi) is 6.86. The van der Waals surface area contributed by atoms with E-state index in [2.05, 4.69) is 15.0 Å². The van der Waals surface area contributed by atoms with Crippen LogP contribution in [0.3, 0.4) is 0 Å². The molecule has 1 saturated heterocycles. The van der Waals surface area contributed by atoms with E-state index in [0.717, 1.165) is 17.5 Å². The van der Waals surface area contributed by atoms with Gasteiger partial charge >= 0.3 is 12.3 Å². The maximum atomic E-state index is 12.9. The number of ether oxygens (including phenoxy) is 1. The van der Waals surface area contributed by atoms with Crippen molar-refractivity contribution in [2.24, 2.45) is 4.99 Å². The average molecular weight is 538 g/mol. The van der Waals surface area contributed by atoms with E-state index >= 15 is 0 Å². The second-order valence-electron chi connectivity index (χ2n) is 8.65. The van der Waals surface area contributed by atoms with E-state index < -0.39 is 39.6 Å². The lowest BCUT2D eigenvalue weighted by molar-refractivity contribution is -0.274. The Morgan fingerprint density at radius 3 is 2.54 bits per heavy atom. The van der Waals surface area contributed by atoms with Crippen LogP contribution in [0, 0.1) is 6.92 Å². The number of carbonyl (C=O) groups is 2. The highest BCUT2D eigenvalue weighted by molar-refractivity contribution is 7.92. The molecule has 196 valence electrons. The first-order valence-electron chi connectivity index (χ1n) is 11.1. The molecule has 2 aliphatic rings. The topological polar surface area (TPSA) is 125 Å². The zero-order valence-corrected chi connectivity index (χ0v) is 20.3. The molecule has 2 aromatic carbocycles. The number of benzene rings is 2. The molecule has 2 aromatic rings. The van der Waals surface area contributed by atoms with Crippen molar-refractivity contribution in [3.8, 4) is 5.75 Å². The van der Waals surface area contributed by atoms with Crippen molar-refractivity contribution in [3.63, 3.8) is 0 Å². The zero-order valence-electron chi connectivity index (χ0n) is 19.4. The zero-order chi connectivity index (χ0) is 27.0. The Hall–Kier alpha value is -3.71. The molecule has 0 saturated carbocycles. The van der Waals surface area contributed by atoms with Gasteiger partial charge in [0, 0.05) is 24.1 Å². The molecule has 2 N–H and O–H groups in total. The molecule has 0 bridgehead atoms. The molecular formula is C24H22F3N3O6S. The Morgan fingerprint density at radius 1 is 1.19 bits per heavy atom. The quantitative estimate of drug-likeness (QED) is 0.583. The summed E-state index contributed by atoms with van der Waals surface area (Å²) in [6.45, 7) is 1.70. The summed E-state index contributed by atoms with van der Waals surface area (Å²) in [5, 5.41) is 12.7. The fraction of sp³-hybridized carbons (Fsp3) is 0.292. The summed E-state index contributed by atoms with van der Waals surface area (Å²) in [6, 6.07) is 9.44. The molecule has 4 rings (SSSR count). The first kappa shape index (κ1) is 26.4. The largest absolute Gasteiger partial charge is 0.573 e. The van der Waals surface area contributed by atoms with Gasteiger partial charge in [-0.25, -0.2) is 13.2 Å². The molecule has 37 heavy (non-hydrogen) atoms. The minimum Gasteiger partial charge on any atom is -0.478 e. The van der Waals surface area contributed by atoms with Crippen molar-refractivity contribution in [3.05, 3.63) is 70.1 Å². The van der Waals surface area contributed by atoms with Crippen molar-refractivity contribution in [1.82, 2.24) is 9.62 Å². The SMILES string of the molecule is Cc1ccc(C(=O)O)cc1/C=C/S(=O)(=O)N1CCC2(CC1)N=C(c1cccc(OC(F)(F)F)c1)NC2=O. The van der Waals surface area contributed by atoms with E-state index in [4.69, 9.17) is 5.11 Å². The summed E-state index contributed by atoms with van der Waals surface area (Å²) in [6.07, 6.45) is -3.40. The number of alkyl halides is 3. The molecule has 13 heteroatoms. The van der Waals surface area contributed by atoms with Gasteiger partial charge in [0.2, 0.25) is 10.0 Å². The van der Waals surface area contributed by atoms with E-state index in [1.807, 2.05) is 0 Å². The van der Waals surface area contributed by atoms with Crippen LogP contribution in [-0.2, 0) is 14.8 Å². The van der Waals surface area contributed by atoms with Crippen molar-refractivity contribution in [2.75, 3.05) is 13.1 Å². The highest BCUT2D eigenvalue weighted by Gasteiger charge is 2.47. The van der Waals surface area contributed by atoms with Crippen LogP contribution >= 0.6 is 0 Å². The summed E-state index contributed by atoms with van der Waals surface area (Å²) in [5.74, 6) is -1.96. The number of hydrogen-bond donors (Lipinski definition) is 2. The predicted molar refractivity (Wildman–Crippen MR) is 127 cm³/mol. The molecule has 9 nitrogen and oxygen atoms in total. The molecule has 0 atom stereocenters. The summed E-state index contributed by atoms with van der Waals surface area (Å²) in [7, 11) is -3.88. The van der Waals surface area contributed by atoms with Gasteiger partial charge in [0.05, 0.1) is 5.56 Å². The minimum atomic E-state index is -4.87. The van der Waals surface area contributed by atoms with Crippen molar-refractivity contribution in [1.29, 1.82) is 0 Å². The number of carboxylic acids is 1. The molecule has 2 aliphatic heterocycles. The van der Waals surface area contributed by atoms with Crippen LogP contribution in [0.4, 0.5) is 13.2 Å². The van der Waals surface area contributed by atoms with Crippen LogP contribution < -0.4 is 10.1 Å². The van der Waals surface area contributed by atoms with Crippen LogP contribution in [0.2, 0.25) is 0 Å². The molecule has 1 amide bonds. The number of amides is 1. The second-order valence-corrected chi connectivity index (χ2v) is 10.5. The number of aryl methyl sites for hydroxylation is 1. The number of nitrogens with zero attached hydrogens (tertiary/aromatic N) is 2. The number of aliphatic imine (C=N–C) groups is 1. The monoisotopic (exact) mass is 537 g/mol. The molecular weight excluding hydrogens is 515 g/mol. The van der Waals surface area contributed by atoms with Crippen molar-refractivity contribution < 1.29 is 41.0 Å². The number of hydrogen-bond acceptors (Lipinski definition) is 6. The maximum Gasteiger partial charge on any atom is 0.573 e. The van der Waals surface area contributed by atoms with Crippen LogP contribution in [-0.4, -0.2) is 60.5 Å². The number of rotatable bonds is 6. The lowest BCUT2D eigenvalue weighted by Crippen LogP contribution is -2.50. The molecule has 0 aliphatic carbocycles. The number of carboxylic acid groups (broad SMARTS) is 1. The first-order chi connectivity index (χ1) is 17.3. The maximum absolute atomic E-state index is 12.9. The Labute approximate surface area is 210 Å². The van der Waals surface area contributed by atoms with Gasteiger partial charge in [-0.05, 0) is 61.2 Å². The third kappa shape index (κ3) is 5.83. The van der Waals surface area contributed by atoms with Gasteiger partial charge in [-0.15, -0.1) is 13.2 Å². The molecule has 1 fully saturated rings. The van der Waals surface area contributed by atoms with E-state index in [1.54, 1.807) is 13.0 Å². The highest BCUT2D eigenvalue weighted by atomic mass is 32.2. The number of nitrogens with one attached hydrogen (secondary N) is 1. The van der Waals surface area contributed by atoms with Gasteiger partial charge in [-0.1, -0.05) is 18.2 Å². The fourth-order valence-corrected chi connectivity index (χ4v) is 5.32. The smallest absolute Gasteiger partial charge is 0.478 e. The number of halogens is 3. The molecule has 0 unspecified atom stereocenters. The number of sulfonamides is 1. The van der Waals surface area contributed by atoms with Crippen LogP contribution in [0.5, 0.6) is 5.75 Å². The average Bonchev–Trinajstić information content (AvgIpc) is 3.13. The summed E-state index contributed by atoms with van der Waals surface area (Å²) in [5.41, 5.74) is 0.155. The van der Waals surface area contributed by atoms with Crippen LogP contribution in [0.1, 0.15) is 39.9 Å². The third-order valence-corrected chi connectivity index (χ3v) is 7.74. The van der Waals surface area contributed by atoms with E-state index in [9.17, 15) is 31.2 Å². The minimum absolute atomic E-state index is 0.0117. The van der Waals surface area contributed by atoms with Crippen LogP contribution in [0.25, 0.3) is 6.08 Å². The van der Waals surface area contributed by atoms with E-state index in [0.29, 0.717) is 11.1 Å². The fourth-order valence-electron chi connectivity index (χ4n) is 4.14. The Morgan fingerprint density at radius 2 is 1.89 bits per heavy atom. The molecule has 1 spiro atoms. The van der Waals surface area contributed by atoms with Crippen molar-refractivity contribution >= 4 is 33.8 Å². The molecule has 0 radical (unpaired) electrons. The highest BCUT2D eigenvalue weighted by Crippen LogP contribution is 2.33. The third-order valence-electron chi connectivity index (χ3n) is 6.18. The number of carbonyl (C=O) groups excluding carboxylic acids is 1. The van der Waals surface area contributed by atoms with Gasteiger partial charge in [-0.2, -0.15) is 4.31 Å². The lowest BCUT2D eigenvalue weighted by atomic mass is 9.89. The summed E-state index contributed by atoms with van der Waals surface area (Å²) >= 11 is 0. The first-order valence-corrected chi connectivity index (χ1v) is 12.6. The lowest BCUT2D eigenvalue weighted by Gasteiger charge is -2.34. The summed E-state index contributed by atoms with van der Waals surface area (Å²) in [4.78, 5) is 28.4. The Balaban J connectivity index is 1.48. The van der Waals surface area contributed by atoms with Gasteiger partial charge in [-0.3, -0.25) is 9.79 Å². The van der Waals surface area contributed by atoms with Gasteiger partial charge in [0.25, 0.3) is 5.91 Å². The Bertz CT molecular complexity index is 1410. The number of piperidine rings is 1. The van der Waals surface area contributed by atoms with Gasteiger partial charge < -0.3 is 15.2 Å². The number of aromatic carboxylic acids is 1. The molecule has 0 aromatic heterocycles. The summed E-state index contributed by atoms with van der Waals surface area (Å²) < 4.78 is 68.5. The van der Waals surface area contributed by atoms with Gasteiger partial charge in [0.1, 0.15) is 17.1 Å². The predicted octanol–water partition coefficient (Wildman–Crippen LogP) is 3.30. The second kappa shape index (κ2) is 9.63. The molecule has 2 heterocycles. The normalized spacial score (nSPS) is 18.2.